The van der Waals surface area contributed by atoms with Crippen LogP contribution in [-0.2, 0) is 19.3 Å². The smallest absolute Gasteiger partial charge is 0.122 e. The Bertz CT molecular complexity index is 867. The maximum Gasteiger partial charge on any atom is 0.122 e. The van der Waals surface area contributed by atoms with E-state index in [0.717, 1.165) is 35.1 Å². The summed E-state index contributed by atoms with van der Waals surface area (Å²) in [5.74, 6) is 0.599. The number of rotatable bonds is 5. The Morgan fingerprint density at radius 3 is 2.20 bits per heavy atom. The van der Waals surface area contributed by atoms with Gasteiger partial charge in [0.1, 0.15) is 11.5 Å². The van der Waals surface area contributed by atoms with Crippen molar-refractivity contribution in [2.45, 2.75) is 33.1 Å². The Kier molecular flexibility index (Phi) is 5.08. The average Bonchev–Trinajstić information content (AvgIpc) is 2.61. The molecular formula is C23H24O2. The number of hydrogen-bond acceptors (Lipinski definition) is 2. The molecule has 0 aliphatic rings. The summed E-state index contributed by atoms with van der Waals surface area (Å²) < 4.78 is 0. The summed E-state index contributed by atoms with van der Waals surface area (Å²) in [5, 5.41) is 20.5. The van der Waals surface area contributed by atoms with Crippen LogP contribution in [0.25, 0.3) is 0 Å². The SMILES string of the molecule is Cc1ccc(O)c(Cc2cc(CCc3ccccc3)cc(C)c2O)c1. The van der Waals surface area contributed by atoms with Crippen LogP contribution in [0.2, 0.25) is 0 Å². The minimum Gasteiger partial charge on any atom is -0.508 e. The number of hydrogen-bond donors (Lipinski definition) is 2. The van der Waals surface area contributed by atoms with Crippen LogP contribution >= 0.6 is 0 Å². The van der Waals surface area contributed by atoms with Gasteiger partial charge in [-0.25, -0.2) is 0 Å². The summed E-state index contributed by atoms with van der Waals surface area (Å²) in [6.07, 6.45) is 2.43. The maximum absolute atomic E-state index is 10.4. The highest BCUT2D eigenvalue weighted by Gasteiger charge is 2.11. The van der Waals surface area contributed by atoms with E-state index >= 15 is 0 Å². The van der Waals surface area contributed by atoms with Crippen molar-refractivity contribution in [3.8, 4) is 11.5 Å². The molecule has 0 unspecified atom stereocenters. The van der Waals surface area contributed by atoms with Crippen LogP contribution in [0.15, 0.2) is 60.7 Å². The highest BCUT2D eigenvalue weighted by Crippen LogP contribution is 2.30. The van der Waals surface area contributed by atoms with Gasteiger partial charge in [0.25, 0.3) is 0 Å². The van der Waals surface area contributed by atoms with Gasteiger partial charge in [0.15, 0.2) is 0 Å². The van der Waals surface area contributed by atoms with Crippen molar-refractivity contribution in [3.63, 3.8) is 0 Å². The molecule has 3 rings (SSSR count). The molecule has 3 aromatic rings. The van der Waals surface area contributed by atoms with Crippen LogP contribution < -0.4 is 0 Å². The Morgan fingerprint density at radius 2 is 1.44 bits per heavy atom. The first-order valence-corrected chi connectivity index (χ1v) is 8.66. The lowest BCUT2D eigenvalue weighted by atomic mass is 9.95. The molecule has 0 aromatic heterocycles. The predicted molar refractivity (Wildman–Crippen MR) is 102 cm³/mol. The first kappa shape index (κ1) is 17.1. The number of benzene rings is 3. The zero-order chi connectivity index (χ0) is 17.8. The standard InChI is InChI=1S/C23H24O2/c1-16-8-11-22(24)20(12-16)15-21-14-19(13-17(2)23(21)25)10-9-18-6-4-3-5-7-18/h3-8,11-14,24-25H,9-10,15H2,1-2H3. The molecule has 0 heterocycles. The third-order valence-corrected chi connectivity index (χ3v) is 4.60. The number of phenols is 2. The van der Waals surface area contributed by atoms with Gasteiger partial charge >= 0.3 is 0 Å². The van der Waals surface area contributed by atoms with E-state index in [-0.39, 0.29) is 5.75 Å². The van der Waals surface area contributed by atoms with Gasteiger partial charge in [0, 0.05) is 6.42 Å². The minimum absolute atomic E-state index is 0.275. The molecule has 2 heteroatoms. The molecule has 0 bridgehead atoms. The fraction of sp³-hybridized carbons (Fsp3) is 0.217. The second-order valence-corrected chi connectivity index (χ2v) is 6.71. The first-order chi connectivity index (χ1) is 12.0. The van der Waals surface area contributed by atoms with Crippen molar-refractivity contribution >= 4 is 0 Å². The van der Waals surface area contributed by atoms with E-state index in [9.17, 15) is 10.2 Å². The molecule has 2 N–H and O–H groups in total. The van der Waals surface area contributed by atoms with Crippen molar-refractivity contribution in [1.82, 2.24) is 0 Å². The molecule has 0 spiro atoms. The Hall–Kier alpha value is -2.74. The molecule has 0 saturated carbocycles. The summed E-state index contributed by atoms with van der Waals surface area (Å²) in [7, 11) is 0. The molecule has 25 heavy (non-hydrogen) atoms. The van der Waals surface area contributed by atoms with Gasteiger partial charge in [-0.1, -0.05) is 60.2 Å². The van der Waals surface area contributed by atoms with Crippen molar-refractivity contribution in [2.75, 3.05) is 0 Å². The molecule has 0 atom stereocenters. The van der Waals surface area contributed by atoms with Crippen molar-refractivity contribution in [2.24, 2.45) is 0 Å². The number of aromatic hydroxyl groups is 2. The Morgan fingerprint density at radius 1 is 0.720 bits per heavy atom. The van der Waals surface area contributed by atoms with Crippen LogP contribution in [0, 0.1) is 13.8 Å². The molecule has 128 valence electrons. The minimum atomic E-state index is 0.275. The van der Waals surface area contributed by atoms with Gasteiger partial charge < -0.3 is 10.2 Å². The zero-order valence-electron chi connectivity index (χ0n) is 14.8. The van der Waals surface area contributed by atoms with E-state index in [1.165, 1.54) is 11.1 Å². The maximum atomic E-state index is 10.4. The highest BCUT2D eigenvalue weighted by atomic mass is 16.3. The normalized spacial score (nSPS) is 10.8. The molecular weight excluding hydrogens is 308 g/mol. The highest BCUT2D eigenvalue weighted by molar-refractivity contribution is 5.48. The van der Waals surface area contributed by atoms with Gasteiger partial charge in [-0.05, 0) is 60.6 Å². The van der Waals surface area contributed by atoms with Crippen LogP contribution in [0.4, 0.5) is 0 Å². The lowest BCUT2D eigenvalue weighted by Crippen LogP contribution is -1.97. The van der Waals surface area contributed by atoms with Crippen molar-refractivity contribution in [3.05, 3.63) is 94.0 Å². The number of aryl methyl sites for hydroxylation is 4. The third-order valence-electron chi connectivity index (χ3n) is 4.60. The first-order valence-electron chi connectivity index (χ1n) is 8.66. The van der Waals surface area contributed by atoms with Crippen LogP contribution in [0.1, 0.15) is 33.4 Å². The summed E-state index contributed by atoms with van der Waals surface area (Å²) in [6.45, 7) is 3.94. The fourth-order valence-electron chi connectivity index (χ4n) is 3.21. The van der Waals surface area contributed by atoms with Gasteiger partial charge in [0.2, 0.25) is 0 Å². The van der Waals surface area contributed by atoms with E-state index in [0.29, 0.717) is 12.2 Å². The van der Waals surface area contributed by atoms with Crippen molar-refractivity contribution < 1.29 is 10.2 Å². The molecule has 0 fully saturated rings. The van der Waals surface area contributed by atoms with Gasteiger partial charge in [-0.2, -0.15) is 0 Å². The lowest BCUT2D eigenvalue weighted by molar-refractivity contribution is 0.460. The average molecular weight is 332 g/mol. The Balaban J connectivity index is 1.84. The Labute approximate surface area is 149 Å². The quantitative estimate of drug-likeness (QED) is 0.683. The zero-order valence-corrected chi connectivity index (χ0v) is 14.8. The largest absolute Gasteiger partial charge is 0.508 e. The monoisotopic (exact) mass is 332 g/mol. The predicted octanol–water partition coefficient (Wildman–Crippen LogP) is 5.09. The molecule has 0 saturated heterocycles. The summed E-state index contributed by atoms with van der Waals surface area (Å²) in [6, 6.07) is 20.1. The van der Waals surface area contributed by atoms with Crippen LogP contribution in [0.3, 0.4) is 0 Å². The molecule has 0 amide bonds. The van der Waals surface area contributed by atoms with E-state index in [1.807, 2.05) is 32.0 Å². The molecule has 0 aliphatic carbocycles. The van der Waals surface area contributed by atoms with Gasteiger partial charge in [-0.3, -0.25) is 0 Å². The van der Waals surface area contributed by atoms with E-state index < -0.39 is 0 Å². The topological polar surface area (TPSA) is 40.5 Å². The molecule has 0 radical (unpaired) electrons. The van der Waals surface area contributed by atoms with Gasteiger partial charge in [0.05, 0.1) is 0 Å². The second kappa shape index (κ2) is 7.43. The van der Waals surface area contributed by atoms with Crippen LogP contribution in [-0.4, -0.2) is 10.2 Å². The van der Waals surface area contributed by atoms with E-state index in [1.54, 1.807) is 6.07 Å². The molecule has 3 aromatic carbocycles. The summed E-state index contributed by atoms with van der Waals surface area (Å²) >= 11 is 0. The summed E-state index contributed by atoms with van der Waals surface area (Å²) in [5.41, 5.74) is 6.21. The molecule has 0 aliphatic heterocycles. The summed E-state index contributed by atoms with van der Waals surface area (Å²) in [4.78, 5) is 0. The van der Waals surface area contributed by atoms with E-state index in [4.69, 9.17) is 0 Å². The second-order valence-electron chi connectivity index (χ2n) is 6.71. The van der Waals surface area contributed by atoms with Crippen molar-refractivity contribution in [1.29, 1.82) is 0 Å². The van der Waals surface area contributed by atoms with Crippen LogP contribution in [0.5, 0.6) is 11.5 Å². The van der Waals surface area contributed by atoms with Gasteiger partial charge in [-0.15, -0.1) is 0 Å². The third kappa shape index (κ3) is 4.21. The van der Waals surface area contributed by atoms with E-state index in [2.05, 4.69) is 36.4 Å². The number of phenolic OH excluding ortho intramolecular Hbond substituents is 2. The molecule has 2 nitrogen and oxygen atoms in total. The lowest BCUT2D eigenvalue weighted by Gasteiger charge is -2.13. The fourth-order valence-corrected chi connectivity index (χ4v) is 3.21.